The highest BCUT2D eigenvalue weighted by atomic mass is 16.5. The second-order valence-electron chi connectivity index (χ2n) is 6.90. The van der Waals surface area contributed by atoms with Crippen LogP contribution in [0.25, 0.3) is 11.1 Å². The van der Waals surface area contributed by atoms with E-state index in [0.29, 0.717) is 17.0 Å². The summed E-state index contributed by atoms with van der Waals surface area (Å²) < 4.78 is 10.6. The van der Waals surface area contributed by atoms with Crippen molar-refractivity contribution in [3.8, 4) is 0 Å². The van der Waals surface area contributed by atoms with Gasteiger partial charge in [0.25, 0.3) is 5.91 Å². The molecule has 8 heteroatoms. The maximum Gasteiger partial charge on any atom is 0.321 e. The van der Waals surface area contributed by atoms with E-state index in [1.54, 1.807) is 26.8 Å². The molecule has 0 saturated heterocycles. The normalized spacial score (nSPS) is 12.5. The van der Waals surface area contributed by atoms with E-state index in [1.165, 1.54) is 6.92 Å². The lowest BCUT2D eigenvalue weighted by atomic mass is 10.1. The average Bonchev–Trinajstić information content (AvgIpc) is 2.93. The van der Waals surface area contributed by atoms with E-state index in [-0.39, 0.29) is 12.8 Å². The third-order valence-corrected chi connectivity index (χ3v) is 3.28. The third-order valence-electron chi connectivity index (χ3n) is 3.28. The fourth-order valence-corrected chi connectivity index (χ4v) is 2.13. The number of aromatic nitrogens is 1. The van der Waals surface area contributed by atoms with E-state index in [2.05, 4.69) is 15.6 Å². The Hall–Kier alpha value is -2.90. The summed E-state index contributed by atoms with van der Waals surface area (Å²) in [6, 6.07) is 6.65. The molecule has 140 valence electrons. The number of aryl methyl sites for hydroxylation is 1. The number of nitrogens with zero attached hydrogens (tertiary/aromatic N) is 1. The van der Waals surface area contributed by atoms with Crippen LogP contribution in [-0.2, 0) is 20.7 Å². The number of benzene rings is 1. The van der Waals surface area contributed by atoms with Crippen molar-refractivity contribution in [1.82, 2.24) is 15.6 Å². The van der Waals surface area contributed by atoms with E-state index < -0.39 is 29.6 Å². The molecule has 0 aliphatic heterocycles. The molecule has 1 aromatic carbocycles. The van der Waals surface area contributed by atoms with E-state index in [4.69, 9.17) is 9.15 Å². The van der Waals surface area contributed by atoms with Gasteiger partial charge < -0.3 is 14.5 Å². The van der Waals surface area contributed by atoms with Crippen LogP contribution in [-0.4, -0.2) is 34.5 Å². The number of carbonyl (C=O) groups excluding carboxylic acids is 3. The quantitative estimate of drug-likeness (QED) is 0.791. The summed E-state index contributed by atoms with van der Waals surface area (Å²) in [5.41, 5.74) is 0.881. The van der Waals surface area contributed by atoms with Crippen molar-refractivity contribution in [3.05, 3.63) is 30.2 Å². The molecule has 0 unspecified atom stereocenters. The van der Waals surface area contributed by atoms with Crippen molar-refractivity contribution in [2.45, 2.75) is 52.2 Å². The van der Waals surface area contributed by atoms with Crippen LogP contribution in [0.15, 0.2) is 28.7 Å². The van der Waals surface area contributed by atoms with Crippen molar-refractivity contribution >= 4 is 29.0 Å². The number of amides is 3. The van der Waals surface area contributed by atoms with Crippen LogP contribution in [0, 0.1) is 0 Å². The Morgan fingerprint density at radius 1 is 1.23 bits per heavy atom. The van der Waals surface area contributed by atoms with E-state index in [1.807, 2.05) is 18.2 Å². The largest absolute Gasteiger partial charge is 0.453 e. The van der Waals surface area contributed by atoms with E-state index in [9.17, 15) is 14.4 Å². The van der Waals surface area contributed by atoms with Crippen molar-refractivity contribution in [2.75, 3.05) is 0 Å². The Bertz CT molecular complexity index is 774. The number of esters is 1. The van der Waals surface area contributed by atoms with Gasteiger partial charge in [-0.15, -0.1) is 0 Å². The van der Waals surface area contributed by atoms with Crippen LogP contribution in [0.4, 0.5) is 4.79 Å². The third kappa shape index (κ3) is 5.87. The lowest BCUT2D eigenvalue weighted by Gasteiger charge is -2.21. The fourth-order valence-electron chi connectivity index (χ4n) is 2.13. The highest BCUT2D eigenvalue weighted by molar-refractivity contribution is 5.97. The number of nitrogens with one attached hydrogen (secondary N) is 2. The Labute approximate surface area is 151 Å². The summed E-state index contributed by atoms with van der Waals surface area (Å²) in [5.74, 6) is -0.849. The van der Waals surface area contributed by atoms with Crippen LogP contribution in [0.3, 0.4) is 0 Å². The summed E-state index contributed by atoms with van der Waals surface area (Å²) in [7, 11) is 0. The van der Waals surface area contributed by atoms with Gasteiger partial charge in [0.15, 0.2) is 17.6 Å². The van der Waals surface area contributed by atoms with Gasteiger partial charge in [-0.05, 0) is 39.8 Å². The van der Waals surface area contributed by atoms with Gasteiger partial charge in [0.05, 0.1) is 6.42 Å². The van der Waals surface area contributed by atoms with Gasteiger partial charge in [-0.25, -0.2) is 9.78 Å². The van der Waals surface area contributed by atoms with E-state index in [0.717, 1.165) is 0 Å². The van der Waals surface area contributed by atoms with Crippen molar-refractivity contribution in [3.63, 3.8) is 0 Å². The molecule has 1 atom stereocenters. The fraction of sp³-hybridized carbons (Fsp3) is 0.444. The number of oxazole rings is 1. The highest BCUT2D eigenvalue weighted by Crippen LogP contribution is 2.15. The first-order chi connectivity index (χ1) is 12.1. The van der Waals surface area contributed by atoms with Crippen molar-refractivity contribution in [2.24, 2.45) is 0 Å². The zero-order valence-corrected chi connectivity index (χ0v) is 15.3. The molecule has 0 fully saturated rings. The Morgan fingerprint density at radius 3 is 2.58 bits per heavy atom. The lowest BCUT2D eigenvalue weighted by molar-refractivity contribution is -0.154. The summed E-state index contributed by atoms with van der Waals surface area (Å²) in [6.07, 6.45) is -0.817. The summed E-state index contributed by atoms with van der Waals surface area (Å²) in [6.45, 7) is 6.75. The number of para-hydroxylation sites is 2. The van der Waals surface area contributed by atoms with Crippen molar-refractivity contribution < 1.29 is 23.5 Å². The summed E-state index contributed by atoms with van der Waals surface area (Å²) >= 11 is 0. The van der Waals surface area contributed by atoms with Gasteiger partial charge in [-0.3, -0.25) is 14.9 Å². The second-order valence-corrected chi connectivity index (χ2v) is 6.90. The van der Waals surface area contributed by atoms with Crippen LogP contribution < -0.4 is 10.6 Å². The van der Waals surface area contributed by atoms with Crippen LogP contribution in [0.5, 0.6) is 0 Å². The number of rotatable bonds is 5. The zero-order chi connectivity index (χ0) is 19.3. The molecule has 1 aromatic heterocycles. The molecule has 8 nitrogen and oxygen atoms in total. The smallest absolute Gasteiger partial charge is 0.321 e. The van der Waals surface area contributed by atoms with Crippen LogP contribution in [0.1, 0.15) is 40.0 Å². The number of hydrogen-bond acceptors (Lipinski definition) is 6. The standard InChI is InChI=1S/C18H23N3O5/c1-11(16(23)20-17(24)21-18(2,3)4)25-15(22)10-9-14-19-12-7-5-6-8-13(12)26-14/h5-8,11H,9-10H2,1-4H3,(H2,20,21,23,24)/t11-/m0/s1. The first-order valence-electron chi connectivity index (χ1n) is 8.31. The minimum Gasteiger partial charge on any atom is -0.453 e. The number of ether oxygens (including phenoxy) is 1. The average molecular weight is 361 g/mol. The van der Waals surface area contributed by atoms with Gasteiger partial charge in [0.2, 0.25) is 0 Å². The molecular weight excluding hydrogens is 338 g/mol. The molecule has 2 aromatic rings. The Kier molecular flexibility index (Phi) is 5.97. The molecular formula is C18H23N3O5. The van der Waals surface area contributed by atoms with Crippen LogP contribution >= 0.6 is 0 Å². The molecule has 0 aliphatic rings. The SMILES string of the molecule is C[C@H](OC(=O)CCc1nc2ccccc2o1)C(=O)NC(=O)NC(C)(C)C. The predicted molar refractivity (Wildman–Crippen MR) is 94.3 cm³/mol. The molecule has 3 amide bonds. The predicted octanol–water partition coefficient (Wildman–Crippen LogP) is 2.32. The van der Waals surface area contributed by atoms with E-state index >= 15 is 0 Å². The van der Waals surface area contributed by atoms with Gasteiger partial charge in [-0.2, -0.15) is 0 Å². The minimum absolute atomic E-state index is 0.0125. The first kappa shape index (κ1) is 19.4. The minimum atomic E-state index is -1.09. The van der Waals surface area contributed by atoms with Crippen molar-refractivity contribution in [1.29, 1.82) is 0 Å². The number of fused-ring (bicyclic) bond motifs is 1. The number of hydrogen-bond donors (Lipinski definition) is 2. The molecule has 1 heterocycles. The Balaban J connectivity index is 1.79. The topological polar surface area (TPSA) is 111 Å². The van der Waals surface area contributed by atoms with Gasteiger partial charge >= 0.3 is 12.0 Å². The van der Waals surface area contributed by atoms with Gasteiger partial charge in [0.1, 0.15) is 5.52 Å². The molecule has 0 bridgehead atoms. The zero-order valence-electron chi connectivity index (χ0n) is 15.3. The molecule has 2 N–H and O–H groups in total. The molecule has 0 aliphatic carbocycles. The summed E-state index contributed by atoms with van der Waals surface area (Å²) in [5, 5.41) is 4.72. The molecule has 26 heavy (non-hydrogen) atoms. The second kappa shape index (κ2) is 7.99. The molecule has 2 rings (SSSR count). The molecule has 0 radical (unpaired) electrons. The van der Waals surface area contributed by atoms with Crippen LogP contribution in [0.2, 0.25) is 0 Å². The monoisotopic (exact) mass is 361 g/mol. The first-order valence-corrected chi connectivity index (χ1v) is 8.31. The maximum atomic E-state index is 11.9. The number of carbonyl (C=O) groups is 3. The maximum absolute atomic E-state index is 11.9. The molecule has 0 saturated carbocycles. The lowest BCUT2D eigenvalue weighted by Crippen LogP contribution is -2.50. The summed E-state index contributed by atoms with van der Waals surface area (Å²) in [4.78, 5) is 39.7. The Morgan fingerprint density at radius 2 is 1.92 bits per heavy atom. The van der Waals surface area contributed by atoms with Gasteiger partial charge in [-0.1, -0.05) is 12.1 Å². The van der Waals surface area contributed by atoms with Gasteiger partial charge in [0, 0.05) is 12.0 Å². The number of urea groups is 1. The molecule has 0 spiro atoms. The highest BCUT2D eigenvalue weighted by Gasteiger charge is 2.22. The number of imide groups is 1.